The summed E-state index contributed by atoms with van der Waals surface area (Å²) >= 11 is 0. The monoisotopic (exact) mass is 444 g/mol. The lowest BCUT2D eigenvalue weighted by Crippen LogP contribution is -2.32. The Bertz CT molecular complexity index is 1130. The van der Waals surface area contributed by atoms with Crippen molar-refractivity contribution in [1.29, 1.82) is 0 Å². The quantitative estimate of drug-likeness (QED) is 0.540. The van der Waals surface area contributed by atoms with Crippen molar-refractivity contribution in [3.63, 3.8) is 0 Å². The zero-order valence-corrected chi connectivity index (χ0v) is 18.3. The van der Waals surface area contributed by atoms with E-state index < -0.39 is 10.0 Å². The Morgan fingerprint density at radius 2 is 1.77 bits per heavy atom. The smallest absolute Gasteiger partial charge is 0.251 e. The molecule has 3 aromatic rings. The molecule has 0 bridgehead atoms. The molecule has 31 heavy (non-hydrogen) atoms. The second-order valence-corrected chi connectivity index (χ2v) is 8.72. The summed E-state index contributed by atoms with van der Waals surface area (Å²) in [5.41, 5.74) is 1.67. The van der Waals surface area contributed by atoms with Gasteiger partial charge in [0.15, 0.2) is 0 Å². The second-order valence-electron chi connectivity index (χ2n) is 6.54. The Morgan fingerprint density at radius 3 is 2.35 bits per heavy atom. The number of carbonyl (C=O) groups excluding carboxylic acids is 1. The minimum absolute atomic E-state index is 0.00573. The minimum Gasteiger partial charge on any atom is -0.497 e. The molecular weight excluding hydrogens is 420 g/mol. The van der Waals surface area contributed by atoms with Gasteiger partial charge in [0.25, 0.3) is 5.91 Å². The summed E-state index contributed by atoms with van der Waals surface area (Å²) in [4.78, 5) is 16.7. The van der Waals surface area contributed by atoms with Crippen molar-refractivity contribution in [2.24, 2.45) is 0 Å². The van der Waals surface area contributed by atoms with Crippen LogP contribution >= 0.6 is 0 Å². The topological polar surface area (TPSA) is 115 Å². The highest BCUT2D eigenvalue weighted by molar-refractivity contribution is 7.92. The van der Waals surface area contributed by atoms with Crippen LogP contribution in [0.5, 0.6) is 5.75 Å². The summed E-state index contributed by atoms with van der Waals surface area (Å²) in [5, 5.41) is 6.64. The van der Waals surface area contributed by atoms with Gasteiger partial charge >= 0.3 is 0 Å². The van der Waals surface area contributed by atoms with Gasteiger partial charge in [0.1, 0.15) is 5.75 Å². The van der Waals surface area contributed by atoms with Crippen molar-refractivity contribution in [1.82, 2.24) is 15.5 Å². The van der Waals surface area contributed by atoms with Crippen LogP contribution in [0.1, 0.15) is 30.1 Å². The maximum Gasteiger partial charge on any atom is 0.251 e. The Balaban J connectivity index is 1.63. The van der Waals surface area contributed by atoms with Gasteiger partial charge in [0, 0.05) is 17.7 Å². The van der Waals surface area contributed by atoms with Crippen molar-refractivity contribution < 1.29 is 22.5 Å². The second kappa shape index (κ2) is 9.61. The van der Waals surface area contributed by atoms with Crippen molar-refractivity contribution >= 4 is 21.6 Å². The van der Waals surface area contributed by atoms with Crippen molar-refractivity contribution in [2.75, 3.05) is 23.7 Å². The van der Waals surface area contributed by atoms with Gasteiger partial charge < -0.3 is 14.6 Å². The van der Waals surface area contributed by atoms with Gasteiger partial charge in [-0.15, -0.1) is 0 Å². The molecule has 0 aliphatic carbocycles. The zero-order valence-electron chi connectivity index (χ0n) is 17.5. The summed E-state index contributed by atoms with van der Waals surface area (Å²) < 4.78 is 36.0. The number of ether oxygens (including phenoxy) is 1. The molecule has 10 heteroatoms. The van der Waals surface area contributed by atoms with E-state index in [-0.39, 0.29) is 24.1 Å². The molecule has 0 saturated heterocycles. The first-order valence-corrected chi connectivity index (χ1v) is 11.3. The van der Waals surface area contributed by atoms with E-state index in [0.717, 1.165) is 11.3 Å². The Kier molecular flexibility index (Phi) is 6.91. The van der Waals surface area contributed by atoms with Gasteiger partial charge in [-0.1, -0.05) is 5.16 Å². The van der Waals surface area contributed by atoms with Gasteiger partial charge in [-0.05, 0) is 62.4 Å². The molecule has 2 aromatic carbocycles. The zero-order chi connectivity index (χ0) is 22.4. The number of benzene rings is 2. The summed E-state index contributed by atoms with van der Waals surface area (Å²) in [6, 6.07) is 13.6. The number of methoxy groups -OCH3 is 1. The van der Waals surface area contributed by atoms with E-state index in [1.54, 1.807) is 57.4 Å². The van der Waals surface area contributed by atoms with Gasteiger partial charge in [-0.25, -0.2) is 8.42 Å². The summed E-state index contributed by atoms with van der Waals surface area (Å²) in [7, 11) is -1.78. The van der Waals surface area contributed by atoms with Gasteiger partial charge in [-0.2, -0.15) is 4.98 Å². The van der Waals surface area contributed by atoms with E-state index in [4.69, 9.17) is 9.26 Å². The number of amides is 1. The average molecular weight is 445 g/mol. The molecular formula is C21H24N4O5S. The Morgan fingerprint density at radius 1 is 1.10 bits per heavy atom. The molecule has 1 amide bonds. The normalized spacial score (nSPS) is 11.2. The maximum absolute atomic E-state index is 12.4. The van der Waals surface area contributed by atoms with Gasteiger partial charge in [0.05, 0.1) is 25.1 Å². The highest BCUT2D eigenvalue weighted by Crippen LogP contribution is 2.20. The number of nitrogens with one attached hydrogen (secondary N) is 1. The number of hydrogen-bond acceptors (Lipinski definition) is 7. The van der Waals surface area contributed by atoms with Crippen LogP contribution in [0.3, 0.4) is 0 Å². The van der Waals surface area contributed by atoms with Gasteiger partial charge in [-0.3, -0.25) is 9.10 Å². The van der Waals surface area contributed by atoms with Crippen LogP contribution < -0.4 is 14.4 Å². The highest BCUT2D eigenvalue weighted by atomic mass is 32.2. The fourth-order valence-corrected chi connectivity index (χ4v) is 4.06. The van der Waals surface area contributed by atoms with Crippen LogP contribution in [0.15, 0.2) is 53.1 Å². The lowest BCUT2D eigenvalue weighted by Gasteiger charge is -2.22. The summed E-state index contributed by atoms with van der Waals surface area (Å²) in [6.45, 7) is 3.74. The van der Waals surface area contributed by atoms with Crippen molar-refractivity contribution in [2.45, 2.75) is 20.4 Å². The number of nitrogens with zero attached hydrogens (tertiary/aromatic N) is 3. The van der Waals surface area contributed by atoms with E-state index >= 15 is 0 Å². The van der Waals surface area contributed by atoms with Crippen LogP contribution in [0.2, 0.25) is 0 Å². The van der Waals surface area contributed by atoms with Crippen LogP contribution in [-0.4, -0.2) is 43.9 Å². The molecule has 164 valence electrons. The first-order chi connectivity index (χ1) is 14.9. The molecule has 0 saturated carbocycles. The number of anilines is 1. The predicted molar refractivity (Wildman–Crippen MR) is 116 cm³/mol. The molecule has 0 spiro atoms. The number of hydrogen-bond donors (Lipinski definition) is 1. The molecule has 3 rings (SSSR count). The Labute approximate surface area is 181 Å². The molecule has 0 unspecified atom stereocenters. The highest BCUT2D eigenvalue weighted by Gasteiger charge is 2.19. The summed E-state index contributed by atoms with van der Waals surface area (Å²) in [5.74, 6) is 1.07. The fourth-order valence-electron chi connectivity index (χ4n) is 2.92. The SMILES string of the molecule is CCN(c1ccc(C(=O)NCc2nc(-c3ccc(OC)cc3)no2)cc1)S(=O)(=O)CC. The molecule has 0 aliphatic heterocycles. The molecule has 0 radical (unpaired) electrons. The third-order valence-corrected chi connectivity index (χ3v) is 6.49. The first kappa shape index (κ1) is 22.3. The van der Waals surface area contributed by atoms with E-state index in [1.165, 1.54) is 4.31 Å². The van der Waals surface area contributed by atoms with E-state index in [1.807, 2.05) is 12.1 Å². The molecule has 0 aliphatic rings. The first-order valence-electron chi connectivity index (χ1n) is 9.73. The number of sulfonamides is 1. The van der Waals surface area contributed by atoms with E-state index in [9.17, 15) is 13.2 Å². The molecule has 0 atom stereocenters. The third-order valence-electron chi connectivity index (χ3n) is 4.62. The van der Waals surface area contributed by atoms with Crippen molar-refractivity contribution in [3.8, 4) is 17.1 Å². The number of carbonyl (C=O) groups is 1. The fraction of sp³-hybridized carbons (Fsp3) is 0.286. The summed E-state index contributed by atoms with van der Waals surface area (Å²) in [6.07, 6.45) is 0. The molecule has 0 fully saturated rings. The molecule has 1 aromatic heterocycles. The molecule has 1 heterocycles. The lowest BCUT2D eigenvalue weighted by molar-refractivity contribution is 0.0946. The largest absolute Gasteiger partial charge is 0.497 e. The average Bonchev–Trinajstić information content (AvgIpc) is 3.27. The number of aromatic nitrogens is 2. The standard InChI is InChI=1S/C21H24N4O5S/c1-4-25(31(27,28)5-2)17-10-6-16(7-11-17)21(26)22-14-19-23-20(24-30-19)15-8-12-18(29-3)13-9-15/h6-13H,4-5,14H2,1-3H3,(H,22,26). The third kappa shape index (κ3) is 5.21. The molecule has 9 nitrogen and oxygen atoms in total. The Hall–Kier alpha value is -3.40. The molecule has 1 N–H and O–H groups in total. The predicted octanol–water partition coefficient (Wildman–Crippen LogP) is 2.85. The number of rotatable bonds is 9. The van der Waals surface area contributed by atoms with Crippen LogP contribution in [-0.2, 0) is 16.6 Å². The van der Waals surface area contributed by atoms with Crippen LogP contribution in [0.25, 0.3) is 11.4 Å². The minimum atomic E-state index is -3.37. The van der Waals surface area contributed by atoms with E-state index in [2.05, 4.69) is 15.5 Å². The maximum atomic E-state index is 12.4. The van der Waals surface area contributed by atoms with E-state index in [0.29, 0.717) is 23.6 Å². The van der Waals surface area contributed by atoms with Crippen LogP contribution in [0.4, 0.5) is 5.69 Å². The van der Waals surface area contributed by atoms with Crippen molar-refractivity contribution in [3.05, 3.63) is 60.0 Å². The van der Waals surface area contributed by atoms with Gasteiger partial charge in [0.2, 0.25) is 21.7 Å². The lowest BCUT2D eigenvalue weighted by atomic mass is 10.2. The van der Waals surface area contributed by atoms with Crippen LogP contribution in [0, 0.1) is 0 Å².